The molecule has 0 heterocycles. The highest BCUT2D eigenvalue weighted by Crippen LogP contribution is 2.10. The second kappa shape index (κ2) is 4.51. The van der Waals surface area contributed by atoms with Crippen molar-refractivity contribution in [2.24, 2.45) is 4.99 Å². The van der Waals surface area contributed by atoms with Crippen LogP contribution in [0.25, 0.3) is 0 Å². The SMILES string of the molecule is N#CC#Cc1ccc(N=C=O)cc1. The maximum absolute atomic E-state index is 9.87. The summed E-state index contributed by atoms with van der Waals surface area (Å²) in [6, 6.07) is 8.33. The van der Waals surface area contributed by atoms with Gasteiger partial charge in [-0.05, 0) is 24.3 Å². The zero-order valence-electron chi connectivity index (χ0n) is 6.61. The first kappa shape index (κ1) is 8.74. The number of nitriles is 1. The predicted octanol–water partition coefficient (Wildman–Crippen LogP) is 1.53. The molecule has 1 aromatic rings. The van der Waals surface area contributed by atoms with Crippen molar-refractivity contribution in [1.29, 1.82) is 5.26 Å². The number of aliphatic imine (C=N–C) groups is 1. The van der Waals surface area contributed by atoms with E-state index in [4.69, 9.17) is 5.26 Å². The van der Waals surface area contributed by atoms with E-state index in [0.29, 0.717) is 11.3 Å². The van der Waals surface area contributed by atoms with Crippen LogP contribution < -0.4 is 0 Å². The molecule has 0 aliphatic rings. The van der Waals surface area contributed by atoms with E-state index in [2.05, 4.69) is 16.8 Å². The molecular formula is C10H4N2O. The van der Waals surface area contributed by atoms with Crippen molar-refractivity contribution in [3.8, 4) is 17.9 Å². The minimum Gasteiger partial charge on any atom is -0.211 e. The van der Waals surface area contributed by atoms with Gasteiger partial charge >= 0.3 is 0 Å². The standard InChI is InChI=1S/C10H4N2O/c11-7-1-2-9-3-5-10(6-4-9)12-8-13/h3-6H. The topological polar surface area (TPSA) is 53.2 Å². The Hall–Kier alpha value is -2.35. The molecule has 0 amide bonds. The third-order valence-electron chi connectivity index (χ3n) is 1.30. The summed E-state index contributed by atoms with van der Waals surface area (Å²) in [5.41, 5.74) is 1.24. The van der Waals surface area contributed by atoms with Gasteiger partial charge in [0.15, 0.2) is 6.07 Å². The van der Waals surface area contributed by atoms with E-state index in [0.717, 1.165) is 0 Å². The molecule has 0 radical (unpaired) electrons. The second-order valence-corrected chi connectivity index (χ2v) is 2.11. The fourth-order valence-corrected chi connectivity index (χ4v) is 0.772. The van der Waals surface area contributed by atoms with Crippen LogP contribution in [0.2, 0.25) is 0 Å². The van der Waals surface area contributed by atoms with Crippen molar-refractivity contribution in [2.75, 3.05) is 0 Å². The quantitative estimate of drug-likeness (QED) is 0.362. The van der Waals surface area contributed by atoms with E-state index >= 15 is 0 Å². The van der Waals surface area contributed by atoms with Gasteiger partial charge in [0.2, 0.25) is 6.08 Å². The molecule has 0 bridgehead atoms. The first-order valence-electron chi connectivity index (χ1n) is 3.45. The van der Waals surface area contributed by atoms with Crippen LogP contribution in [0, 0.1) is 23.2 Å². The van der Waals surface area contributed by atoms with Crippen LogP contribution in [0.4, 0.5) is 5.69 Å². The molecule has 0 fully saturated rings. The summed E-state index contributed by atoms with van der Waals surface area (Å²) < 4.78 is 0. The Kier molecular flexibility index (Phi) is 3.03. The monoisotopic (exact) mass is 168 g/mol. The molecule has 0 atom stereocenters. The highest BCUT2D eigenvalue weighted by Gasteiger charge is 1.88. The van der Waals surface area contributed by atoms with Crippen molar-refractivity contribution in [3.63, 3.8) is 0 Å². The van der Waals surface area contributed by atoms with Crippen molar-refractivity contribution < 1.29 is 4.79 Å². The molecule has 1 rings (SSSR count). The molecule has 0 aliphatic carbocycles. The van der Waals surface area contributed by atoms with Crippen LogP contribution >= 0.6 is 0 Å². The summed E-state index contributed by atoms with van der Waals surface area (Å²) in [4.78, 5) is 13.3. The average Bonchev–Trinajstić information content (AvgIpc) is 2.17. The molecule has 0 spiro atoms. The lowest BCUT2D eigenvalue weighted by atomic mass is 10.2. The molecule has 1 aromatic carbocycles. The Morgan fingerprint density at radius 3 is 2.46 bits per heavy atom. The zero-order chi connectivity index (χ0) is 9.52. The zero-order valence-corrected chi connectivity index (χ0v) is 6.61. The van der Waals surface area contributed by atoms with Gasteiger partial charge in [0, 0.05) is 11.5 Å². The highest BCUT2D eigenvalue weighted by molar-refractivity contribution is 5.51. The van der Waals surface area contributed by atoms with Gasteiger partial charge in [0.05, 0.1) is 5.69 Å². The third kappa shape index (κ3) is 2.63. The number of nitrogens with zero attached hydrogens (tertiary/aromatic N) is 2. The van der Waals surface area contributed by atoms with E-state index in [1.54, 1.807) is 30.3 Å². The fraction of sp³-hybridized carbons (Fsp3) is 0. The lowest BCUT2D eigenvalue weighted by Gasteiger charge is -1.89. The Morgan fingerprint density at radius 2 is 1.92 bits per heavy atom. The molecular weight excluding hydrogens is 164 g/mol. The largest absolute Gasteiger partial charge is 0.240 e. The molecule has 0 unspecified atom stereocenters. The fourth-order valence-electron chi connectivity index (χ4n) is 0.772. The lowest BCUT2D eigenvalue weighted by molar-refractivity contribution is 0.565. The summed E-state index contributed by atoms with van der Waals surface area (Å²) in [5, 5.41) is 8.17. The lowest BCUT2D eigenvalue weighted by Crippen LogP contribution is -1.71. The Morgan fingerprint density at radius 1 is 1.23 bits per heavy atom. The molecule has 0 aromatic heterocycles. The van der Waals surface area contributed by atoms with Gasteiger partial charge in [-0.25, -0.2) is 4.79 Å². The maximum atomic E-state index is 9.87. The van der Waals surface area contributed by atoms with E-state index in [1.807, 2.05) is 0 Å². The number of hydrogen-bond donors (Lipinski definition) is 0. The first-order chi connectivity index (χ1) is 6.36. The molecule has 0 saturated heterocycles. The molecule has 3 heteroatoms. The molecule has 0 saturated carbocycles. The van der Waals surface area contributed by atoms with Crippen LogP contribution in [-0.4, -0.2) is 6.08 Å². The molecule has 0 N–H and O–H groups in total. The number of hydrogen-bond acceptors (Lipinski definition) is 3. The molecule has 0 aliphatic heterocycles. The van der Waals surface area contributed by atoms with Gasteiger partial charge in [0.1, 0.15) is 0 Å². The van der Waals surface area contributed by atoms with Gasteiger partial charge in [-0.3, -0.25) is 0 Å². The van der Waals surface area contributed by atoms with Crippen molar-refractivity contribution in [3.05, 3.63) is 29.8 Å². The average molecular weight is 168 g/mol. The van der Waals surface area contributed by atoms with Crippen LogP contribution in [0.15, 0.2) is 29.3 Å². The normalized spacial score (nSPS) is 7.31. The van der Waals surface area contributed by atoms with Crippen LogP contribution in [0.5, 0.6) is 0 Å². The van der Waals surface area contributed by atoms with Gasteiger partial charge < -0.3 is 0 Å². The number of isocyanates is 1. The van der Waals surface area contributed by atoms with Crippen LogP contribution in [-0.2, 0) is 4.79 Å². The van der Waals surface area contributed by atoms with Crippen molar-refractivity contribution in [1.82, 2.24) is 0 Å². The predicted molar refractivity (Wildman–Crippen MR) is 46.7 cm³/mol. The van der Waals surface area contributed by atoms with Gasteiger partial charge in [-0.2, -0.15) is 10.3 Å². The van der Waals surface area contributed by atoms with Gasteiger partial charge in [-0.15, -0.1) is 0 Å². The van der Waals surface area contributed by atoms with Crippen LogP contribution in [0.1, 0.15) is 5.56 Å². The van der Waals surface area contributed by atoms with E-state index in [1.165, 1.54) is 6.08 Å². The van der Waals surface area contributed by atoms with Crippen LogP contribution in [0.3, 0.4) is 0 Å². The van der Waals surface area contributed by atoms with Gasteiger partial charge in [-0.1, -0.05) is 5.92 Å². The number of carbonyl (C=O) groups excluding carboxylic acids is 1. The Balaban J connectivity index is 2.95. The highest BCUT2D eigenvalue weighted by atomic mass is 16.1. The summed E-state index contributed by atoms with van der Waals surface area (Å²) in [6.07, 6.45) is 1.43. The second-order valence-electron chi connectivity index (χ2n) is 2.11. The van der Waals surface area contributed by atoms with E-state index in [-0.39, 0.29) is 0 Å². The minimum absolute atomic E-state index is 0.525. The molecule has 3 nitrogen and oxygen atoms in total. The Labute approximate surface area is 75.3 Å². The first-order valence-corrected chi connectivity index (χ1v) is 3.45. The summed E-state index contributed by atoms with van der Waals surface area (Å²) in [5.74, 6) is 4.88. The Bertz CT molecular complexity index is 437. The van der Waals surface area contributed by atoms with E-state index < -0.39 is 0 Å². The van der Waals surface area contributed by atoms with Gasteiger partial charge in [0.25, 0.3) is 0 Å². The third-order valence-corrected chi connectivity index (χ3v) is 1.30. The summed E-state index contributed by atoms with van der Waals surface area (Å²) >= 11 is 0. The number of benzene rings is 1. The smallest absolute Gasteiger partial charge is 0.211 e. The van der Waals surface area contributed by atoms with Crippen molar-refractivity contribution in [2.45, 2.75) is 0 Å². The summed E-state index contributed by atoms with van der Waals surface area (Å²) in [7, 11) is 0. The maximum Gasteiger partial charge on any atom is 0.240 e. The van der Waals surface area contributed by atoms with Crippen molar-refractivity contribution >= 4 is 11.8 Å². The minimum atomic E-state index is 0.525. The number of rotatable bonds is 1. The molecule has 60 valence electrons. The summed E-state index contributed by atoms with van der Waals surface area (Å²) in [6.45, 7) is 0. The van der Waals surface area contributed by atoms with E-state index in [9.17, 15) is 4.79 Å². The molecule has 13 heavy (non-hydrogen) atoms.